The van der Waals surface area contributed by atoms with E-state index in [0.717, 1.165) is 21.3 Å². The summed E-state index contributed by atoms with van der Waals surface area (Å²) >= 11 is 0.740. The van der Waals surface area contributed by atoms with Gasteiger partial charge in [-0.15, -0.1) is 11.3 Å². The Kier molecular flexibility index (Phi) is 4.40. The van der Waals surface area contributed by atoms with Crippen molar-refractivity contribution in [3.05, 3.63) is 46.6 Å². The van der Waals surface area contributed by atoms with Crippen LogP contribution in [0.1, 0.15) is 21.1 Å². The monoisotopic (exact) mass is 326 g/mol. The lowest BCUT2D eigenvalue weighted by molar-refractivity contribution is 0.0702. The van der Waals surface area contributed by atoms with E-state index in [1.165, 1.54) is 19.2 Å². The molecule has 112 valence electrons. The zero-order valence-corrected chi connectivity index (χ0v) is 13.1. The number of carbonyl (C=O) groups is 1. The lowest BCUT2D eigenvalue weighted by Gasteiger charge is -2.15. The number of sulfonamides is 1. The first-order valence-electron chi connectivity index (χ1n) is 6.02. The Balaban J connectivity index is 2.23. The normalized spacial score (nSPS) is 11.8. The first-order valence-corrected chi connectivity index (χ1v) is 8.28. The predicted octanol–water partition coefficient (Wildman–Crippen LogP) is 1.97. The first kappa shape index (κ1) is 15.6. The maximum Gasteiger partial charge on any atom is 0.345 e. The Morgan fingerprint density at radius 3 is 2.62 bits per heavy atom. The molecule has 0 aromatic carbocycles. The summed E-state index contributed by atoms with van der Waals surface area (Å²) in [6, 6.07) is 7.99. The van der Waals surface area contributed by atoms with E-state index in [-0.39, 0.29) is 15.6 Å². The molecule has 0 atom stereocenters. The largest absolute Gasteiger partial charge is 0.477 e. The highest BCUT2D eigenvalue weighted by Gasteiger charge is 2.24. The average Bonchev–Trinajstić information content (AvgIpc) is 2.89. The minimum atomic E-state index is -3.71. The van der Waals surface area contributed by atoms with Crippen molar-refractivity contribution in [2.45, 2.75) is 17.7 Å². The van der Waals surface area contributed by atoms with Gasteiger partial charge in [-0.3, -0.25) is 4.98 Å². The molecular weight excluding hydrogens is 312 g/mol. The number of aromatic nitrogens is 1. The van der Waals surface area contributed by atoms with E-state index >= 15 is 0 Å². The molecule has 1 N–H and O–H groups in total. The zero-order valence-electron chi connectivity index (χ0n) is 11.5. The van der Waals surface area contributed by atoms with Crippen molar-refractivity contribution in [1.82, 2.24) is 9.29 Å². The van der Waals surface area contributed by atoms with Crippen LogP contribution in [-0.2, 0) is 16.6 Å². The topological polar surface area (TPSA) is 87.6 Å². The average molecular weight is 326 g/mol. The lowest BCUT2D eigenvalue weighted by Crippen LogP contribution is -2.26. The van der Waals surface area contributed by atoms with Gasteiger partial charge in [-0.2, -0.15) is 4.31 Å². The fraction of sp³-hybridized carbons (Fsp3) is 0.231. The summed E-state index contributed by atoms with van der Waals surface area (Å²) in [6.07, 6.45) is 0. The summed E-state index contributed by atoms with van der Waals surface area (Å²) in [5, 5.41) is 8.86. The summed E-state index contributed by atoms with van der Waals surface area (Å²) in [7, 11) is -2.27. The fourth-order valence-electron chi connectivity index (χ4n) is 1.73. The van der Waals surface area contributed by atoms with Gasteiger partial charge >= 0.3 is 5.97 Å². The van der Waals surface area contributed by atoms with E-state index in [2.05, 4.69) is 4.98 Å². The van der Waals surface area contributed by atoms with E-state index < -0.39 is 16.0 Å². The number of aryl methyl sites for hydroxylation is 1. The minimum absolute atomic E-state index is 0.00402. The number of rotatable bonds is 5. The summed E-state index contributed by atoms with van der Waals surface area (Å²) in [5.41, 5.74) is 1.44. The molecule has 0 aliphatic heterocycles. The van der Waals surface area contributed by atoms with E-state index in [9.17, 15) is 13.2 Å². The molecule has 21 heavy (non-hydrogen) atoms. The Morgan fingerprint density at radius 2 is 2.05 bits per heavy atom. The summed E-state index contributed by atoms with van der Waals surface area (Å²) in [6.45, 7) is 1.96. The van der Waals surface area contributed by atoms with Gasteiger partial charge in [0, 0.05) is 12.7 Å². The molecule has 2 heterocycles. The number of carboxylic acids is 1. The van der Waals surface area contributed by atoms with Crippen LogP contribution in [0, 0.1) is 6.92 Å². The number of nitrogens with zero attached hydrogens (tertiary/aromatic N) is 2. The molecular formula is C13H14N2O4S2. The van der Waals surface area contributed by atoms with Gasteiger partial charge in [0.2, 0.25) is 0 Å². The van der Waals surface area contributed by atoms with Gasteiger partial charge in [-0.25, -0.2) is 13.2 Å². The van der Waals surface area contributed by atoms with E-state index in [1.807, 2.05) is 19.1 Å². The third-order valence-electron chi connectivity index (χ3n) is 2.79. The second kappa shape index (κ2) is 5.92. The molecule has 0 radical (unpaired) electrons. The van der Waals surface area contributed by atoms with Crippen molar-refractivity contribution in [2.24, 2.45) is 0 Å². The van der Waals surface area contributed by atoms with Crippen LogP contribution in [0.3, 0.4) is 0 Å². The molecule has 0 saturated heterocycles. The summed E-state index contributed by atoms with van der Waals surface area (Å²) in [5.74, 6) is -1.13. The molecule has 0 unspecified atom stereocenters. The van der Waals surface area contributed by atoms with Crippen molar-refractivity contribution < 1.29 is 18.3 Å². The Bertz CT molecular complexity index is 768. The maximum absolute atomic E-state index is 12.4. The molecule has 2 rings (SSSR count). The van der Waals surface area contributed by atoms with Crippen LogP contribution < -0.4 is 0 Å². The Morgan fingerprint density at radius 1 is 1.33 bits per heavy atom. The van der Waals surface area contributed by atoms with E-state index in [4.69, 9.17) is 5.11 Å². The molecule has 0 fully saturated rings. The van der Waals surface area contributed by atoms with E-state index in [1.54, 1.807) is 6.07 Å². The number of carboxylic acid groups (broad SMARTS) is 1. The van der Waals surface area contributed by atoms with Gasteiger partial charge in [-0.05, 0) is 31.2 Å². The van der Waals surface area contributed by atoms with Crippen LogP contribution >= 0.6 is 11.3 Å². The van der Waals surface area contributed by atoms with Gasteiger partial charge in [0.1, 0.15) is 9.09 Å². The summed E-state index contributed by atoms with van der Waals surface area (Å²) < 4.78 is 25.9. The van der Waals surface area contributed by atoms with Crippen LogP contribution in [0.15, 0.2) is 34.5 Å². The zero-order chi connectivity index (χ0) is 15.6. The Hall–Kier alpha value is -1.77. The molecule has 0 saturated carbocycles. The second-order valence-electron chi connectivity index (χ2n) is 4.46. The number of hydrogen-bond acceptors (Lipinski definition) is 5. The number of aromatic carboxylic acids is 1. The predicted molar refractivity (Wildman–Crippen MR) is 78.9 cm³/mol. The maximum atomic E-state index is 12.4. The van der Waals surface area contributed by atoms with E-state index in [0.29, 0.717) is 5.69 Å². The van der Waals surface area contributed by atoms with Gasteiger partial charge in [0.15, 0.2) is 0 Å². The van der Waals surface area contributed by atoms with Gasteiger partial charge < -0.3 is 5.11 Å². The second-order valence-corrected chi connectivity index (χ2v) is 7.81. The van der Waals surface area contributed by atoms with Crippen molar-refractivity contribution in [3.63, 3.8) is 0 Å². The van der Waals surface area contributed by atoms with Gasteiger partial charge in [0.05, 0.1) is 12.2 Å². The molecule has 8 heteroatoms. The standard InChI is InChI=1S/C13H14N2O4S2/c1-9-4-3-5-10(14-9)8-15(2)21(18,19)12-7-6-11(20-12)13(16)17/h3-7H,8H2,1-2H3,(H,16,17). The number of thiophene rings is 1. The van der Waals surface area contributed by atoms with Crippen LogP contribution in [0.5, 0.6) is 0 Å². The highest BCUT2D eigenvalue weighted by Crippen LogP contribution is 2.25. The Labute approximate surface area is 126 Å². The highest BCUT2D eigenvalue weighted by atomic mass is 32.2. The third-order valence-corrected chi connectivity index (χ3v) is 6.13. The molecule has 2 aromatic heterocycles. The summed E-state index contributed by atoms with van der Waals surface area (Å²) in [4.78, 5) is 15.1. The molecule has 0 spiro atoms. The van der Waals surface area contributed by atoms with Crippen LogP contribution in [0.2, 0.25) is 0 Å². The lowest BCUT2D eigenvalue weighted by atomic mass is 10.3. The first-order chi connectivity index (χ1) is 9.80. The molecule has 0 amide bonds. The quantitative estimate of drug-likeness (QED) is 0.907. The fourth-order valence-corrected chi connectivity index (χ4v) is 4.23. The van der Waals surface area contributed by atoms with Gasteiger partial charge in [0.25, 0.3) is 10.0 Å². The van der Waals surface area contributed by atoms with Crippen LogP contribution in [0.25, 0.3) is 0 Å². The number of hydrogen-bond donors (Lipinski definition) is 1. The molecule has 0 aliphatic carbocycles. The molecule has 0 aliphatic rings. The molecule has 6 nitrogen and oxygen atoms in total. The highest BCUT2D eigenvalue weighted by molar-refractivity contribution is 7.91. The van der Waals surface area contributed by atoms with Crippen molar-refractivity contribution >= 4 is 27.3 Å². The SMILES string of the molecule is Cc1cccc(CN(C)S(=O)(=O)c2ccc(C(=O)O)s2)n1. The third kappa shape index (κ3) is 3.46. The smallest absolute Gasteiger partial charge is 0.345 e. The van der Waals surface area contributed by atoms with Crippen molar-refractivity contribution in [3.8, 4) is 0 Å². The molecule has 2 aromatic rings. The van der Waals surface area contributed by atoms with Crippen molar-refractivity contribution in [2.75, 3.05) is 7.05 Å². The molecule has 0 bridgehead atoms. The minimum Gasteiger partial charge on any atom is -0.477 e. The van der Waals surface area contributed by atoms with Crippen LogP contribution in [-0.4, -0.2) is 35.8 Å². The number of pyridine rings is 1. The van der Waals surface area contributed by atoms with Crippen LogP contribution in [0.4, 0.5) is 0 Å². The van der Waals surface area contributed by atoms with Crippen molar-refractivity contribution in [1.29, 1.82) is 0 Å². The van der Waals surface area contributed by atoms with Gasteiger partial charge in [-0.1, -0.05) is 6.07 Å².